The highest BCUT2D eigenvalue weighted by atomic mass is 28.3. The second-order valence-corrected chi connectivity index (χ2v) is 11.8. The molecule has 110 valence electrons. The van der Waals surface area contributed by atoms with Crippen LogP contribution in [0.1, 0.15) is 11.1 Å². The van der Waals surface area contributed by atoms with Crippen LogP contribution in [0, 0.1) is 13.8 Å². The molecule has 0 atom stereocenters. The van der Waals surface area contributed by atoms with E-state index in [-0.39, 0.29) is 0 Å². The Morgan fingerprint density at radius 2 is 1.43 bits per heavy atom. The molecule has 0 spiro atoms. The number of hydrogen-bond acceptors (Lipinski definition) is 2. The van der Waals surface area contributed by atoms with Crippen molar-refractivity contribution in [3.63, 3.8) is 0 Å². The summed E-state index contributed by atoms with van der Waals surface area (Å²) in [4.78, 5) is 0. The SMILES string of the molecule is Cc1cc(-c2ccc([Si](C)(C)C)cc2)c(C)cc1B(O)O. The number of aryl methyl sites for hydroxylation is 2. The summed E-state index contributed by atoms with van der Waals surface area (Å²) in [7, 11) is -2.68. The minimum atomic E-state index is -1.41. The Hall–Kier alpha value is -1.36. The first-order chi connectivity index (χ1) is 9.70. The van der Waals surface area contributed by atoms with Crippen LogP contribution in [-0.2, 0) is 0 Å². The first-order valence-corrected chi connectivity index (χ1v) is 10.8. The minimum absolute atomic E-state index is 0.579. The van der Waals surface area contributed by atoms with Gasteiger partial charge in [-0.2, -0.15) is 0 Å². The standard InChI is InChI=1S/C17H23BO2Si/c1-12-11-17(18(19)20)13(2)10-16(12)14-6-8-15(9-7-14)21(3,4)5/h6-11,19-20H,1-5H3. The lowest BCUT2D eigenvalue weighted by atomic mass is 9.75. The van der Waals surface area contributed by atoms with Gasteiger partial charge < -0.3 is 10.0 Å². The van der Waals surface area contributed by atoms with E-state index in [4.69, 9.17) is 0 Å². The van der Waals surface area contributed by atoms with Gasteiger partial charge in [-0.25, -0.2) is 0 Å². The lowest BCUT2D eigenvalue weighted by Crippen LogP contribution is -2.37. The number of benzene rings is 2. The molecule has 0 fully saturated rings. The average Bonchev–Trinajstić information content (AvgIpc) is 2.40. The highest BCUT2D eigenvalue weighted by molar-refractivity contribution is 6.88. The molecule has 0 bridgehead atoms. The van der Waals surface area contributed by atoms with Crippen molar-refractivity contribution in [2.45, 2.75) is 33.5 Å². The molecule has 0 saturated carbocycles. The molecule has 0 amide bonds. The van der Waals surface area contributed by atoms with E-state index in [9.17, 15) is 10.0 Å². The molecule has 2 aromatic carbocycles. The van der Waals surface area contributed by atoms with Crippen LogP contribution in [0.25, 0.3) is 11.1 Å². The maximum Gasteiger partial charge on any atom is 0.488 e. The zero-order chi connectivity index (χ0) is 15.8. The molecule has 21 heavy (non-hydrogen) atoms. The van der Waals surface area contributed by atoms with Crippen LogP contribution in [0.2, 0.25) is 19.6 Å². The summed E-state index contributed by atoms with van der Waals surface area (Å²) in [6.45, 7) is 10.9. The summed E-state index contributed by atoms with van der Waals surface area (Å²) < 4.78 is 0. The lowest BCUT2D eigenvalue weighted by molar-refractivity contribution is 0.425. The molecule has 0 aliphatic carbocycles. The normalized spacial score (nSPS) is 11.6. The second kappa shape index (κ2) is 5.79. The van der Waals surface area contributed by atoms with Crippen molar-refractivity contribution < 1.29 is 10.0 Å². The summed E-state index contributed by atoms with van der Waals surface area (Å²) in [5.74, 6) is 0. The molecule has 4 heteroatoms. The monoisotopic (exact) mass is 298 g/mol. The predicted molar refractivity (Wildman–Crippen MR) is 94.2 cm³/mol. The van der Waals surface area contributed by atoms with Crippen LogP contribution in [0.3, 0.4) is 0 Å². The van der Waals surface area contributed by atoms with E-state index in [1.165, 1.54) is 10.8 Å². The molecular weight excluding hydrogens is 275 g/mol. The molecule has 2 N–H and O–H groups in total. The van der Waals surface area contributed by atoms with Gasteiger partial charge in [0, 0.05) is 0 Å². The molecule has 0 aliphatic heterocycles. The lowest BCUT2D eigenvalue weighted by Gasteiger charge is -2.17. The smallest absolute Gasteiger partial charge is 0.423 e. The molecule has 0 unspecified atom stereocenters. The maximum absolute atomic E-state index is 9.38. The summed E-state index contributed by atoms with van der Waals surface area (Å²) in [6, 6.07) is 12.7. The van der Waals surface area contributed by atoms with Gasteiger partial charge in [0.2, 0.25) is 0 Å². The largest absolute Gasteiger partial charge is 0.488 e. The van der Waals surface area contributed by atoms with E-state index in [2.05, 4.69) is 43.9 Å². The topological polar surface area (TPSA) is 40.5 Å². The van der Waals surface area contributed by atoms with Gasteiger partial charge in [0.1, 0.15) is 0 Å². The van der Waals surface area contributed by atoms with Crippen molar-refractivity contribution in [3.05, 3.63) is 47.5 Å². The highest BCUT2D eigenvalue weighted by Gasteiger charge is 2.18. The van der Waals surface area contributed by atoms with Crippen molar-refractivity contribution >= 4 is 25.8 Å². The van der Waals surface area contributed by atoms with Gasteiger partial charge in [-0.3, -0.25) is 0 Å². The van der Waals surface area contributed by atoms with E-state index < -0.39 is 15.2 Å². The predicted octanol–water partition coefficient (Wildman–Crippen LogP) is 2.20. The first kappa shape index (κ1) is 16.0. The van der Waals surface area contributed by atoms with E-state index in [0.717, 1.165) is 16.7 Å². The molecule has 0 heterocycles. The summed E-state index contributed by atoms with van der Waals surface area (Å²) >= 11 is 0. The van der Waals surface area contributed by atoms with Crippen molar-refractivity contribution in [2.24, 2.45) is 0 Å². The highest BCUT2D eigenvalue weighted by Crippen LogP contribution is 2.23. The van der Waals surface area contributed by atoms with Gasteiger partial charge in [-0.15, -0.1) is 0 Å². The number of hydrogen-bond donors (Lipinski definition) is 2. The van der Waals surface area contributed by atoms with Gasteiger partial charge in [-0.05, 0) is 36.0 Å². The van der Waals surface area contributed by atoms with Crippen LogP contribution in [-0.4, -0.2) is 25.2 Å². The third-order valence-corrected chi connectivity index (χ3v) is 6.02. The average molecular weight is 298 g/mol. The Morgan fingerprint density at radius 1 is 0.857 bits per heavy atom. The molecule has 0 aliphatic rings. The fourth-order valence-corrected chi connectivity index (χ4v) is 3.74. The fourth-order valence-electron chi connectivity index (χ4n) is 2.58. The Kier molecular flexibility index (Phi) is 4.42. The van der Waals surface area contributed by atoms with Gasteiger partial charge in [0.05, 0.1) is 8.07 Å². The molecule has 2 rings (SSSR count). The molecule has 0 radical (unpaired) electrons. The van der Waals surface area contributed by atoms with Crippen molar-refractivity contribution in [1.82, 2.24) is 0 Å². The van der Waals surface area contributed by atoms with Crippen LogP contribution >= 0.6 is 0 Å². The second-order valence-electron chi connectivity index (χ2n) is 6.72. The Labute approximate surface area is 128 Å². The van der Waals surface area contributed by atoms with Crippen molar-refractivity contribution in [1.29, 1.82) is 0 Å². The molecule has 0 aromatic heterocycles. The Balaban J connectivity index is 2.45. The molecule has 0 saturated heterocycles. The van der Waals surface area contributed by atoms with E-state index in [1.807, 2.05) is 26.0 Å². The van der Waals surface area contributed by atoms with Crippen molar-refractivity contribution in [3.8, 4) is 11.1 Å². The molecule has 2 nitrogen and oxygen atoms in total. The van der Waals surface area contributed by atoms with Gasteiger partial charge in [0.25, 0.3) is 0 Å². The van der Waals surface area contributed by atoms with Crippen molar-refractivity contribution in [2.75, 3.05) is 0 Å². The fraction of sp³-hybridized carbons (Fsp3) is 0.294. The van der Waals surface area contributed by atoms with Crippen LogP contribution < -0.4 is 10.6 Å². The Morgan fingerprint density at radius 3 is 1.90 bits per heavy atom. The Bertz CT molecular complexity index is 643. The van der Waals surface area contributed by atoms with Gasteiger partial charge in [-0.1, -0.05) is 66.8 Å². The zero-order valence-corrected chi connectivity index (χ0v) is 14.4. The first-order valence-electron chi connectivity index (χ1n) is 7.28. The zero-order valence-electron chi connectivity index (χ0n) is 13.4. The summed E-state index contributed by atoms with van der Waals surface area (Å²) in [5, 5.41) is 20.2. The molecular formula is C17H23BO2Si. The third-order valence-electron chi connectivity index (χ3n) is 3.95. The maximum atomic E-state index is 9.38. The van der Waals surface area contributed by atoms with E-state index >= 15 is 0 Å². The van der Waals surface area contributed by atoms with Crippen LogP contribution in [0.4, 0.5) is 0 Å². The van der Waals surface area contributed by atoms with Crippen LogP contribution in [0.15, 0.2) is 36.4 Å². The quantitative estimate of drug-likeness (QED) is 0.853. The summed E-state index contributed by atoms with van der Waals surface area (Å²) in [5.41, 5.74) is 4.87. The van der Waals surface area contributed by atoms with E-state index in [0.29, 0.717) is 5.46 Å². The molecule has 2 aromatic rings. The third kappa shape index (κ3) is 3.46. The van der Waals surface area contributed by atoms with E-state index in [1.54, 1.807) is 0 Å². The number of rotatable bonds is 3. The summed E-state index contributed by atoms with van der Waals surface area (Å²) in [6.07, 6.45) is 0. The van der Waals surface area contributed by atoms with Crippen LogP contribution in [0.5, 0.6) is 0 Å². The van der Waals surface area contributed by atoms with Gasteiger partial charge in [0.15, 0.2) is 0 Å². The minimum Gasteiger partial charge on any atom is -0.423 e. The van der Waals surface area contributed by atoms with Gasteiger partial charge >= 0.3 is 7.12 Å².